The molecule has 23 heavy (non-hydrogen) atoms. The first-order valence-corrected chi connectivity index (χ1v) is 9.49. The lowest BCUT2D eigenvalue weighted by Gasteiger charge is -2.40. The van der Waals surface area contributed by atoms with E-state index in [0.717, 1.165) is 5.92 Å². The molecule has 0 heteroatoms. The molecule has 0 N–H and O–H groups in total. The van der Waals surface area contributed by atoms with Crippen molar-refractivity contribution in [2.75, 3.05) is 0 Å². The number of benzene rings is 2. The van der Waals surface area contributed by atoms with Crippen molar-refractivity contribution in [1.29, 1.82) is 0 Å². The molecule has 1 fully saturated rings. The summed E-state index contributed by atoms with van der Waals surface area (Å²) in [5, 5.41) is 2.98. The van der Waals surface area contributed by atoms with E-state index in [1.807, 2.05) is 0 Å². The zero-order valence-corrected chi connectivity index (χ0v) is 14.2. The summed E-state index contributed by atoms with van der Waals surface area (Å²) in [5.41, 5.74) is 7.23. The van der Waals surface area contributed by atoms with Gasteiger partial charge in [-0.05, 0) is 83.7 Å². The van der Waals surface area contributed by atoms with Gasteiger partial charge in [-0.1, -0.05) is 55.3 Å². The van der Waals surface area contributed by atoms with Crippen LogP contribution in [-0.4, -0.2) is 0 Å². The monoisotopic (exact) mass is 302 g/mol. The number of hydrogen-bond donors (Lipinski definition) is 0. The van der Waals surface area contributed by atoms with Gasteiger partial charge in [0.2, 0.25) is 0 Å². The largest absolute Gasteiger partial charge is 0.0850 e. The minimum atomic E-state index is 0.616. The summed E-state index contributed by atoms with van der Waals surface area (Å²) in [6.07, 6.45) is 13.2. The highest BCUT2D eigenvalue weighted by Crippen LogP contribution is 2.58. The summed E-state index contributed by atoms with van der Waals surface area (Å²) >= 11 is 0. The first-order chi connectivity index (χ1) is 11.3. The van der Waals surface area contributed by atoms with Gasteiger partial charge in [0.1, 0.15) is 0 Å². The second kappa shape index (κ2) is 4.97. The van der Waals surface area contributed by atoms with Gasteiger partial charge in [0.05, 0.1) is 0 Å². The third-order valence-electron chi connectivity index (χ3n) is 6.89. The molecule has 2 unspecified atom stereocenters. The fourth-order valence-corrected chi connectivity index (χ4v) is 5.72. The average Bonchev–Trinajstić information content (AvgIpc) is 3.15. The molecule has 2 atom stereocenters. The standard InChI is InChI=1S/C23H26/c1-2-4-17-5-3-6-19-12-18-9-10-23(15-20(18)13-22(17)19)14-16-7-8-21(23)11-16/h3,5-7,12-13,21H,2,4,8-11,14-15H2,1H3. The van der Waals surface area contributed by atoms with E-state index in [4.69, 9.17) is 0 Å². The Morgan fingerprint density at radius 2 is 2.09 bits per heavy atom. The zero-order valence-electron chi connectivity index (χ0n) is 14.2. The Balaban J connectivity index is 1.59. The molecular formula is C23H26. The van der Waals surface area contributed by atoms with Gasteiger partial charge in [0.15, 0.2) is 0 Å². The van der Waals surface area contributed by atoms with Gasteiger partial charge < -0.3 is 0 Å². The number of rotatable bonds is 2. The lowest BCUT2D eigenvalue weighted by molar-refractivity contribution is 0.169. The van der Waals surface area contributed by atoms with E-state index < -0.39 is 0 Å². The van der Waals surface area contributed by atoms with Gasteiger partial charge >= 0.3 is 0 Å². The normalized spacial score (nSPS) is 28.4. The maximum absolute atomic E-state index is 2.57. The van der Waals surface area contributed by atoms with Gasteiger partial charge in [-0.25, -0.2) is 0 Å². The molecular weight excluding hydrogens is 276 g/mol. The Morgan fingerprint density at radius 3 is 2.87 bits per heavy atom. The fraction of sp³-hybridized carbons (Fsp3) is 0.478. The Kier molecular flexibility index (Phi) is 2.99. The van der Waals surface area contributed by atoms with Gasteiger partial charge in [0.25, 0.3) is 0 Å². The Hall–Kier alpha value is -1.56. The second-order valence-corrected chi connectivity index (χ2v) is 8.22. The van der Waals surface area contributed by atoms with E-state index in [0.29, 0.717) is 5.41 Å². The van der Waals surface area contributed by atoms with E-state index >= 15 is 0 Å². The van der Waals surface area contributed by atoms with Crippen LogP contribution < -0.4 is 0 Å². The smallest absolute Gasteiger partial charge is 0.0149 e. The molecule has 1 saturated carbocycles. The van der Waals surface area contributed by atoms with Crippen LogP contribution in [0, 0.1) is 11.3 Å². The fourth-order valence-electron chi connectivity index (χ4n) is 5.72. The maximum atomic E-state index is 2.57. The van der Waals surface area contributed by atoms with Crippen LogP contribution >= 0.6 is 0 Å². The van der Waals surface area contributed by atoms with Crippen molar-refractivity contribution in [2.24, 2.45) is 11.3 Å². The van der Waals surface area contributed by atoms with Crippen LogP contribution in [0.4, 0.5) is 0 Å². The molecule has 5 rings (SSSR count). The molecule has 0 saturated heterocycles. The van der Waals surface area contributed by atoms with Gasteiger partial charge in [-0.15, -0.1) is 0 Å². The molecule has 0 aromatic heterocycles. The van der Waals surface area contributed by atoms with Crippen molar-refractivity contribution in [3.8, 4) is 0 Å². The van der Waals surface area contributed by atoms with Crippen LogP contribution in [0.2, 0.25) is 0 Å². The first kappa shape index (κ1) is 13.8. The van der Waals surface area contributed by atoms with Crippen molar-refractivity contribution >= 4 is 10.8 Å². The first-order valence-electron chi connectivity index (χ1n) is 9.49. The van der Waals surface area contributed by atoms with Crippen molar-refractivity contribution < 1.29 is 0 Å². The van der Waals surface area contributed by atoms with Crippen molar-refractivity contribution in [1.82, 2.24) is 0 Å². The molecule has 0 radical (unpaired) electrons. The summed E-state index contributed by atoms with van der Waals surface area (Å²) in [6.45, 7) is 2.29. The minimum Gasteiger partial charge on any atom is -0.0850 e. The van der Waals surface area contributed by atoms with E-state index in [2.05, 4.69) is 43.3 Å². The van der Waals surface area contributed by atoms with E-state index in [1.54, 1.807) is 22.3 Å². The quantitative estimate of drug-likeness (QED) is 0.596. The van der Waals surface area contributed by atoms with Gasteiger partial charge in [-0.2, -0.15) is 0 Å². The van der Waals surface area contributed by atoms with Crippen molar-refractivity contribution in [2.45, 2.75) is 58.3 Å². The average molecular weight is 302 g/mol. The number of fused-ring (bicyclic) bond motifs is 5. The maximum Gasteiger partial charge on any atom is -0.0149 e. The Bertz CT molecular complexity index is 810. The number of allylic oxidation sites excluding steroid dienone is 2. The predicted molar refractivity (Wildman–Crippen MR) is 97.8 cm³/mol. The topological polar surface area (TPSA) is 0 Å². The molecule has 0 aliphatic heterocycles. The van der Waals surface area contributed by atoms with Gasteiger partial charge in [-0.3, -0.25) is 0 Å². The lowest BCUT2D eigenvalue weighted by atomic mass is 9.64. The predicted octanol–water partition coefficient (Wildman–Crippen LogP) is 6.01. The molecule has 0 nitrogen and oxygen atoms in total. The zero-order chi connectivity index (χ0) is 15.4. The van der Waals surface area contributed by atoms with E-state index in [1.165, 1.54) is 62.1 Å². The third-order valence-corrected chi connectivity index (χ3v) is 6.89. The van der Waals surface area contributed by atoms with Crippen molar-refractivity contribution in [3.05, 3.63) is 58.7 Å². The highest BCUT2D eigenvalue weighted by Gasteiger charge is 2.48. The molecule has 1 spiro atoms. The Labute approximate surface area is 139 Å². The molecule has 118 valence electrons. The molecule has 2 aromatic carbocycles. The summed E-state index contributed by atoms with van der Waals surface area (Å²) in [4.78, 5) is 0. The third kappa shape index (κ3) is 2.04. The Morgan fingerprint density at radius 1 is 1.13 bits per heavy atom. The molecule has 2 aromatic rings. The SMILES string of the molecule is CCCc1cccc2cc3c(cc12)CC1(CC3)CC2=CCC1C2. The van der Waals surface area contributed by atoms with Crippen molar-refractivity contribution in [3.63, 3.8) is 0 Å². The van der Waals surface area contributed by atoms with Crippen LogP contribution in [-0.2, 0) is 19.3 Å². The minimum absolute atomic E-state index is 0.616. The van der Waals surface area contributed by atoms with Crippen LogP contribution in [0.25, 0.3) is 10.8 Å². The highest BCUT2D eigenvalue weighted by molar-refractivity contribution is 5.87. The second-order valence-electron chi connectivity index (χ2n) is 8.22. The number of hydrogen-bond acceptors (Lipinski definition) is 0. The molecule has 2 bridgehead atoms. The summed E-state index contributed by atoms with van der Waals surface area (Å²) in [6, 6.07) is 12.0. The van der Waals surface area contributed by atoms with Crippen LogP contribution in [0.15, 0.2) is 42.0 Å². The van der Waals surface area contributed by atoms with Crippen LogP contribution in [0.5, 0.6) is 0 Å². The summed E-state index contributed by atoms with van der Waals surface area (Å²) < 4.78 is 0. The summed E-state index contributed by atoms with van der Waals surface area (Å²) in [5.74, 6) is 0.951. The molecule has 3 aliphatic rings. The van der Waals surface area contributed by atoms with Crippen LogP contribution in [0.1, 0.15) is 55.7 Å². The highest BCUT2D eigenvalue weighted by atomic mass is 14.5. The van der Waals surface area contributed by atoms with E-state index in [-0.39, 0.29) is 0 Å². The number of aryl methyl sites for hydroxylation is 2. The molecule has 3 aliphatic carbocycles. The van der Waals surface area contributed by atoms with Crippen LogP contribution in [0.3, 0.4) is 0 Å². The molecule has 0 amide bonds. The van der Waals surface area contributed by atoms with E-state index in [9.17, 15) is 0 Å². The van der Waals surface area contributed by atoms with Gasteiger partial charge in [0, 0.05) is 0 Å². The molecule has 0 heterocycles. The summed E-state index contributed by atoms with van der Waals surface area (Å²) in [7, 11) is 0. The lowest BCUT2D eigenvalue weighted by Crippen LogP contribution is -2.33.